The van der Waals surface area contributed by atoms with Crippen molar-refractivity contribution in [3.63, 3.8) is 0 Å². The van der Waals surface area contributed by atoms with Crippen molar-refractivity contribution in [2.24, 2.45) is 0 Å². The number of hydrogen-bond acceptors (Lipinski definition) is 4. The first-order valence-corrected chi connectivity index (χ1v) is 5.16. The van der Waals surface area contributed by atoms with Crippen LogP contribution in [0.3, 0.4) is 0 Å². The molecule has 0 aliphatic rings. The van der Waals surface area contributed by atoms with Gasteiger partial charge in [-0.2, -0.15) is 14.0 Å². The Balaban J connectivity index is 3.23. The van der Waals surface area contributed by atoms with Crippen LogP contribution in [0.2, 0.25) is 0 Å². The van der Waals surface area contributed by atoms with Gasteiger partial charge < -0.3 is 9.47 Å². The average Bonchev–Trinajstić information content (AvgIpc) is 2.30. The normalized spacial score (nSPS) is 10.0. The second-order valence-corrected chi connectivity index (χ2v) is 3.35. The predicted molar refractivity (Wildman–Crippen MR) is 58.5 cm³/mol. The molecule has 0 spiro atoms. The number of carbonyl (C=O) groups excluding carboxylic acids is 1. The van der Waals surface area contributed by atoms with Gasteiger partial charge in [0.05, 0.1) is 23.8 Å². The van der Waals surface area contributed by atoms with Gasteiger partial charge in [0.15, 0.2) is 0 Å². The number of carbonyl (C=O) groups is 1. The second-order valence-electron chi connectivity index (χ2n) is 3.35. The number of alkyl halides is 2. The summed E-state index contributed by atoms with van der Waals surface area (Å²) in [6.45, 7) is 0.295. The van der Waals surface area contributed by atoms with Crippen LogP contribution >= 0.6 is 0 Å². The first-order valence-electron chi connectivity index (χ1n) is 5.16. The fourth-order valence-corrected chi connectivity index (χ4v) is 1.40. The lowest BCUT2D eigenvalue weighted by Crippen LogP contribution is -2.10. The first kappa shape index (κ1) is 13.9. The van der Waals surface area contributed by atoms with E-state index in [0.717, 1.165) is 12.1 Å². The number of hydrogen-bond donors (Lipinski definition) is 0. The maximum Gasteiger partial charge on any atom is 0.387 e. The molecule has 18 heavy (non-hydrogen) atoms. The fourth-order valence-electron chi connectivity index (χ4n) is 1.40. The molecular weight excluding hydrogens is 244 g/mol. The molecular formula is C12H11F2NO3. The van der Waals surface area contributed by atoms with Gasteiger partial charge in [-0.25, -0.2) is 4.79 Å². The third-order valence-electron chi connectivity index (χ3n) is 2.22. The minimum atomic E-state index is -3.02. The molecule has 6 heteroatoms. The molecule has 0 saturated heterocycles. The Labute approximate surface area is 103 Å². The van der Waals surface area contributed by atoms with Gasteiger partial charge in [0.1, 0.15) is 5.75 Å². The van der Waals surface area contributed by atoms with Crippen LogP contribution in [0.1, 0.15) is 28.4 Å². The summed E-state index contributed by atoms with van der Waals surface area (Å²) in [4.78, 5) is 11.6. The van der Waals surface area contributed by atoms with Crippen molar-refractivity contribution in [2.75, 3.05) is 6.61 Å². The highest BCUT2D eigenvalue weighted by Crippen LogP contribution is 2.24. The Bertz CT molecular complexity index is 495. The van der Waals surface area contributed by atoms with Gasteiger partial charge >= 0.3 is 12.6 Å². The number of nitriles is 1. The van der Waals surface area contributed by atoms with Crippen molar-refractivity contribution in [3.8, 4) is 11.8 Å². The highest BCUT2D eigenvalue weighted by molar-refractivity contribution is 5.92. The highest BCUT2D eigenvalue weighted by atomic mass is 19.3. The Morgan fingerprint density at radius 2 is 2.17 bits per heavy atom. The second kappa shape index (κ2) is 5.96. The zero-order valence-corrected chi connectivity index (χ0v) is 9.87. The number of esters is 1. The van der Waals surface area contributed by atoms with Gasteiger partial charge in [-0.3, -0.25) is 0 Å². The maximum atomic E-state index is 12.1. The van der Waals surface area contributed by atoms with Gasteiger partial charge in [0.25, 0.3) is 0 Å². The fraction of sp³-hybridized carbons (Fsp3) is 0.333. The van der Waals surface area contributed by atoms with E-state index < -0.39 is 12.6 Å². The summed E-state index contributed by atoms with van der Waals surface area (Å²) in [5.74, 6) is -0.915. The standard InChI is InChI=1S/C12H11F2NO3/c1-3-17-11(16)10-5-9(18-12(13)14)4-8(6-15)7(10)2/h4-5,12H,3H2,1-2H3. The quantitative estimate of drug-likeness (QED) is 0.776. The van der Waals surface area contributed by atoms with E-state index in [4.69, 9.17) is 10.00 Å². The minimum absolute atomic E-state index is 0.0477. The number of rotatable bonds is 4. The summed E-state index contributed by atoms with van der Waals surface area (Å²) < 4.78 is 33.2. The summed E-state index contributed by atoms with van der Waals surface area (Å²) in [5.41, 5.74) is 0.514. The Morgan fingerprint density at radius 1 is 1.50 bits per heavy atom. The molecule has 0 heterocycles. The van der Waals surface area contributed by atoms with Gasteiger partial charge in [0, 0.05) is 0 Å². The molecule has 4 nitrogen and oxygen atoms in total. The average molecular weight is 255 g/mol. The third-order valence-corrected chi connectivity index (χ3v) is 2.22. The first-order chi connectivity index (χ1) is 8.49. The zero-order valence-electron chi connectivity index (χ0n) is 9.87. The number of benzene rings is 1. The van der Waals surface area contributed by atoms with Crippen molar-refractivity contribution < 1.29 is 23.0 Å². The molecule has 0 aromatic heterocycles. The molecule has 1 rings (SSSR count). The molecule has 0 saturated carbocycles. The summed E-state index contributed by atoms with van der Waals surface area (Å²) in [7, 11) is 0. The lowest BCUT2D eigenvalue weighted by molar-refractivity contribution is -0.0499. The van der Waals surface area contributed by atoms with Crippen molar-refractivity contribution in [3.05, 3.63) is 28.8 Å². The van der Waals surface area contributed by atoms with Crippen molar-refractivity contribution in [2.45, 2.75) is 20.5 Å². The van der Waals surface area contributed by atoms with E-state index in [1.165, 1.54) is 6.92 Å². The van der Waals surface area contributed by atoms with E-state index in [1.807, 2.05) is 6.07 Å². The van der Waals surface area contributed by atoms with Gasteiger partial charge in [0.2, 0.25) is 0 Å². The van der Waals surface area contributed by atoms with Crippen LogP contribution in [-0.4, -0.2) is 19.2 Å². The van der Waals surface area contributed by atoms with Crippen LogP contribution in [0, 0.1) is 18.3 Å². The molecule has 0 amide bonds. The van der Waals surface area contributed by atoms with E-state index in [9.17, 15) is 13.6 Å². The van der Waals surface area contributed by atoms with Crippen LogP contribution in [0.15, 0.2) is 12.1 Å². The monoisotopic (exact) mass is 255 g/mol. The molecule has 0 unspecified atom stereocenters. The minimum Gasteiger partial charge on any atom is -0.462 e. The molecule has 0 aliphatic carbocycles. The molecule has 1 aromatic carbocycles. The number of ether oxygens (including phenoxy) is 2. The summed E-state index contributed by atoms with van der Waals surface area (Å²) in [6.07, 6.45) is 0. The van der Waals surface area contributed by atoms with E-state index in [2.05, 4.69) is 4.74 Å². The van der Waals surface area contributed by atoms with Crippen LogP contribution in [0.5, 0.6) is 5.75 Å². The van der Waals surface area contributed by atoms with Gasteiger partial charge in [-0.15, -0.1) is 0 Å². The maximum absolute atomic E-state index is 12.1. The lowest BCUT2D eigenvalue weighted by atomic mass is 10.0. The molecule has 0 fully saturated rings. The van der Waals surface area contributed by atoms with Gasteiger partial charge in [-0.1, -0.05) is 0 Å². The predicted octanol–water partition coefficient (Wildman–Crippen LogP) is 2.64. The lowest BCUT2D eigenvalue weighted by Gasteiger charge is -2.10. The number of nitrogens with zero attached hydrogens (tertiary/aromatic N) is 1. The van der Waals surface area contributed by atoms with Crippen molar-refractivity contribution in [1.29, 1.82) is 5.26 Å². The molecule has 0 aliphatic heterocycles. The van der Waals surface area contributed by atoms with Crippen LogP contribution < -0.4 is 4.74 Å². The third kappa shape index (κ3) is 3.17. The topological polar surface area (TPSA) is 59.3 Å². The Kier molecular flexibility index (Phi) is 4.60. The SMILES string of the molecule is CCOC(=O)c1cc(OC(F)F)cc(C#N)c1C. The number of halogens is 2. The molecule has 0 N–H and O–H groups in total. The molecule has 96 valence electrons. The van der Waals surface area contributed by atoms with Crippen molar-refractivity contribution in [1.82, 2.24) is 0 Å². The smallest absolute Gasteiger partial charge is 0.387 e. The summed E-state index contributed by atoms with van der Waals surface area (Å²) >= 11 is 0. The van der Waals surface area contributed by atoms with Crippen LogP contribution in [0.4, 0.5) is 8.78 Å². The molecule has 1 aromatic rings. The Hall–Kier alpha value is -2.16. The highest BCUT2D eigenvalue weighted by Gasteiger charge is 2.17. The Morgan fingerprint density at radius 3 is 2.67 bits per heavy atom. The largest absolute Gasteiger partial charge is 0.462 e. The molecule has 0 atom stereocenters. The summed E-state index contributed by atoms with van der Waals surface area (Å²) in [5, 5.41) is 8.87. The zero-order chi connectivity index (χ0) is 13.7. The van der Waals surface area contributed by atoms with E-state index in [0.29, 0.717) is 5.56 Å². The van der Waals surface area contributed by atoms with Crippen molar-refractivity contribution >= 4 is 5.97 Å². The van der Waals surface area contributed by atoms with Crippen LogP contribution in [0.25, 0.3) is 0 Å². The van der Waals surface area contributed by atoms with Crippen LogP contribution in [-0.2, 0) is 4.74 Å². The van der Waals surface area contributed by atoms with Gasteiger partial charge in [-0.05, 0) is 31.5 Å². The van der Waals surface area contributed by atoms with E-state index in [-0.39, 0.29) is 23.5 Å². The van der Waals surface area contributed by atoms with E-state index in [1.54, 1.807) is 6.92 Å². The van der Waals surface area contributed by atoms with E-state index >= 15 is 0 Å². The molecule has 0 bridgehead atoms. The summed E-state index contributed by atoms with van der Waals surface area (Å²) in [6, 6.07) is 4.11. The molecule has 0 radical (unpaired) electrons.